The Kier molecular flexibility index (Phi) is 12.1. The molecule has 8 nitrogen and oxygen atoms in total. The van der Waals surface area contributed by atoms with Gasteiger partial charge in [0.25, 0.3) is 0 Å². The summed E-state index contributed by atoms with van der Waals surface area (Å²) >= 11 is 7.20. The van der Waals surface area contributed by atoms with Crippen LogP contribution in [0.15, 0.2) is 108 Å². The molecule has 1 saturated carbocycles. The van der Waals surface area contributed by atoms with Gasteiger partial charge in [0, 0.05) is 63.4 Å². The number of nitrogens with zero attached hydrogens (tertiary/aromatic N) is 6. The third-order valence-electron chi connectivity index (χ3n) is 14.4. The van der Waals surface area contributed by atoms with Crippen LogP contribution in [0.1, 0.15) is 78.4 Å². The molecule has 0 bridgehead atoms. The van der Waals surface area contributed by atoms with Crippen LogP contribution >= 0.6 is 11.6 Å². The fourth-order valence-electron chi connectivity index (χ4n) is 10.7. The van der Waals surface area contributed by atoms with Crippen LogP contribution in [-0.4, -0.2) is 92.2 Å². The fourth-order valence-corrected chi connectivity index (χ4v) is 16.1. The highest BCUT2D eigenvalue weighted by Gasteiger charge is 2.56. The number of halogens is 4. The number of alkyl halides is 1. The van der Waals surface area contributed by atoms with Crippen molar-refractivity contribution in [1.29, 1.82) is 0 Å². The second-order valence-electron chi connectivity index (χ2n) is 19.6. The smallest absolute Gasteiger partial charge is 0.319 e. The van der Waals surface area contributed by atoms with Crippen molar-refractivity contribution in [2.24, 2.45) is 16.3 Å². The molecule has 13 heteroatoms. The van der Waals surface area contributed by atoms with Gasteiger partial charge in [0.1, 0.15) is 37.8 Å². The lowest BCUT2D eigenvalue weighted by molar-refractivity contribution is 0.109. The van der Waals surface area contributed by atoms with Gasteiger partial charge in [-0.2, -0.15) is 9.97 Å². The van der Waals surface area contributed by atoms with E-state index in [0.29, 0.717) is 54.9 Å². The van der Waals surface area contributed by atoms with E-state index >= 15 is 8.78 Å². The Morgan fingerprint density at radius 1 is 1.01 bits per heavy atom. The number of aromatic nitrogens is 3. The summed E-state index contributed by atoms with van der Waals surface area (Å²) in [6.45, 7) is 9.22. The van der Waals surface area contributed by atoms with Gasteiger partial charge in [0.2, 0.25) is 0 Å². The largest absolute Gasteiger partial charge is 0.462 e. The quantitative estimate of drug-likeness (QED) is 0.0727. The molecule has 0 radical (unpaired) electrons. The van der Waals surface area contributed by atoms with Gasteiger partial charge < -0.3 is 19.3 Å². The zero-order valence-electron chi connectivity index (χ0n) is 45.0. The molecule has 69 heavy (non-hydrogen) atoms. The van der Waals surface area contributed by atoms with Crippen molar-refractivity contribution in [3.63, 3.8) is 0 Å². The highest BCUT2D eigenvalue weighted by atomic mass is 35.5. The van der Waals surface area contributed by atoms with Crippen molar-refractivity contribution in [3.05, 3.63) is 131 Å². The summed E-state index contributed by atoms with van der Waals surface area (Å²) in [4.78, 5) is 22.1. The zero-order chi connectivity index (χ0) is 53.1. The lowest BCUT2D eigenvalue weighted by Crippen LogP contribution is -2.44. The normalized spacial score (nSPS) is 22.9. The van der Waals surface area contributed by atoms with Crippen LogP contribution in [0.2, 0.25) is 21.6 Å². The summed E-state index contributed by atoms with van der Waals surface area (Å²) in [5.41, 5.74) is 5.94. The molecule has 6 aromatic rings. The average Bonchev–Trinajstić information content (AvgIpc) is 4.06. The molecule has 1 aliphatic carbocycles. The zero-order valence-corrected chi connectivity index (χ0v) is 41.7. The Morgan fingerprint density at radius 2 is 1.71 bits per heavy atom. The highest BCUT2D eigenvalue weighted by molar-refractivity contribution is 6.90. The molecule has 0 N–H and O–H groups in total. The third-order valence-corrected chi connectivity index (χ3v) is 21.0. The number of benzene rings is 4. The second kappa shape index (κ2) is 19.7. The number of rotatable bonds is 11. The standard InChI is InChI=1S/C56H60ClF3N6O2Si/c1-34(2)69(35(3)4,36(5)6)26-22-42-46(57)20-19-39-27-41(62-50(37-15-11-9-12-16-37)38-17-13-10-14-18-38)28-43(47(39)42)51-49(60)52-44(30-61-51)54(66-24-25-67-31-45-48(59)53(45)66)64-55(63-52)68-33-56(7)32-65(8)23-21-40(56)29-58/h9-20,27-30,34-36,45,48,53H,21,23-25,31-33H2,1-8H3/b40-29+/t45-,48-,53-,56-/m0/s1/i8D3,33D2. The molecule has 3 fully saturated rings. The summed E-state index contributed by atoms with van der Waals surface area (Å²) in [5.74, 6) is 2.16. The number of aliphatic imine (C=N–C) groups is 1. The molecule has 0 unspecified atom stereocenters. The van der Waals surface area contributed by atoms with Gasteiger partial charge in [-0.3, -0.25) is 4.98 Å². The van der Waals surface area contributed by atoms with Gasteiger partial charge in [0.15, 0.2) is 5.82 Å². The van der Waals surface area contributed by atoms with Gasteiger partial charge in [0.05, 0.1) is 55.7 Å². The van der Waals surface area contributed by atoms with Crippen LogP contribution in [0.25, 0.3) is 32.9 Å². The maximum atomic E-state index is 18.4. The van der Waals surface area contributed by atoms with E-state index < -0.39 is 63.5 Å². The maximum absolute atomic E-state index is 18.4. The monoisotopic (exact) mass is 973 g/mol. The lowest BCUT2D eigenvalue weighted by atomic mass is 9.78. The van der Waals surface area contributed by atoms with E-state index in [0.717, 1.165) is 16.0 Å². The van der Waals surface area contributed by atoms with E-state index in [2.05, 4.69) is 63.0 Å². The van der Waals surface area contributed by atoms with Gasteiger partial charge in [-0.25, -0.2) is 18.2 Å². The number of hydrogen-bond acceptors (Lipinski definition) is 8. The summed E-state index contributed by atoms with van der Waals surface area (Å²) in [5, 5.41) is 1.63. The van der Waals surface area contributed by atoms with Crippen LogP contribution in [0.5, 0.6) is 6.01 Å². The molecule has 3 aliphatic rings. The number of likely N-dealkylation sites (tertiary alicyclic amines) is 1. The van der Waals surface area contributed by atoms with Crippen molar-refractivity contribution < 1.29 is 29.5 Å². The minimum atomic E-state index is -2.87. The minimum Gasteiger partial charge on any atom is -0.462 e. The summed E-state index contributed by atoms with van der Waals surface area (Å²) in [6, 6.07) is 25.4. The van der Waals surface area contributed by atoms with Crippen LogP contribution in [0.4, 0.5) is 24.7 Å². The van der Waals surface area contributed by atoms with Crippen molar-refractivity contribution in [3.8, 4) is 28.7 Å². The predicted octanol–water partition coefficient (Wildman–Crippen LogP) is 13.1. The van der Waals surface area contributed by atoms with Crippen LogP contribution in [-0.2, 0) is 4.74 Å². The van der Waals surface area contributed by atoms with Gasteiger partial charge in [-0.05, 0) is 59.2 Å². The van der Waals surface area contributed by atoms with Gasteiger partial charge in [-0.1, -0.05) is 133 Å². The SMILES string of the molecule is [2H]C([2H])([2H])N1CC/C(=C\F)[C@](C)(C([2H])([2H])Oc2nc(N3CCOC[C@H]4[C@H](F)[C@H]43)c3cnc(-c4cc(N=C(c5ccccc5)c5ccccc5)cc5ccc(Cl)c(C#C[Si](C(C)C)(C(C)C)C(C)C)c45)c(F)c3n2)C1. The lowest BCUT2D eigenvalue weighted by Gasteiger charge is -2.40. The van der Waals surface area contributed by atoms with Crippen LogP contribution in [0.3, 0.4) is 0 Å². The molecular formula is C56H60ClF3N6O2Si. The molecule has 358 valence electrons. The molecule has 0 amide bonds. The molecule has 4 aromatic carbocycles. The Hall–Kier alpha value is -5.58. The van der Waals surface area contributed by atoms with Gasteiger partial charge in [-0.15, -0.1) is 5.54 Å². The highest BCUT2D eigenvalue weighted by Crippen LogP contribution is 2.47. The van der Waals surface area contributed by atoms with Gasteiger partial charge >= 0.3 is 6.01 Å². The molecule has 4 atom stereocenters. The molecule has 0 spiro atoms. The van der Waals surface area contributed by atoms with E-state index in [9.17, 15) is 7.13 Å². The second-order valence-corrected chi connectivity index (χ2v) is 25.6. The number of anilines is 1. The van der Waals surface area contributed by atoms with E-state index in [1.165, 1.54) is 13.1 Å². The Morgan fingerprint density at radius 3 is 2.36 bits per heavy atom. The van der Waals surface area contributed by atoms with Crippen LogP contribution in [0, 0.1) is 28.6 Å². The number of ether oxygens (including phenoxy) is 2. The predicted molar refractivity (Wildman–Crippen MR) is 277 cm³/mol. The number of pyridine rings is 1. The third kappa shape index (κ3) is 9.19. The first kappa shape index (κ1) is 42.3. The fraction of sp³-hybridized carbons (Fsp3) is 0.393. The van der Waals surface area contributed by atoms with Crippen LogP contribution < -0.4 is 9.64 Å². The number of fused-ring (bicyclic) bond motifs is 3. The Balaban J connectivity index is 1.31. The summed E-state index contributed by atoms with van der Waals surface area (Å²) in [7, 11) is -2.36. The number of piperidine rings is 1. The first-order chi connectivity index (χ1) is 35.1. The van der Waals surface area contributed by atoms with E-state index in [1.54, 1.807) is 17.0 Å². The molecular weight excluding hydrogens is 909 g/mol. The van der Waals surface area contributed by atoms with Crippen molar-refractivity contribution in [1.82, 2.24) is 19.9 Å². The van der Waals surface area contributed by atoms with Crippen molar-refractivity contribution in [2.45, 2.75) is 83.7 Å². The maximum Gasteiger partial charge on any atom is 0.319 e. The molecule has 4 heterocycles. The minimum absolute atomic E-state index is 0.0165. The molecule has 9 rings (SSSR count). The Bertz CT molecular complexity index is 3160. The van der Waals surface area contributed by atoms with Crippen molar-refractivity contribution >= 4 is 58.6 Å². The first-order valence-electron chi connectivity index (χ1n) is 26.2. The van der Waals surface area contributed by atoms with Crippen molar-refractivity contribution in [2.75, 3.05) is 51.3 Å². The first-order valence-corrected chi connectivity index (χ1v) is 26.3. The number of hydrogen-bond donors (Lipinski definition) is 0. The molecule has 2 saturated heterocycles. The van der Waals surface area contributed by atoms with E-state index in [-0.39, 0.29) is 67.0 Å². The topological polar surface area (TPSA) is 76.0 Å². The Labute approximate surface area is 417 Å². The summed E-state index contributed by atoms with van der Waals surface area (Å²) < 4.78 is 104. The average molecular weight is 975 g/mol. The van der Waals surface area contributed by atoms with E-state index in [1.807, 2.05) is 72.8 Å². The van der Waals surface area contributed by atoms with E-state index in [4.69, 9.17) is 35.2 Å². The molecule has 2 aliphatic heterocycles. The summed E-state index contributed by atoms with van der Waals surface area (Å²) in [6.07, 6.45) is 0.305. The molecule has 2 aromatic heterocycles.